The van der Waals surface area contributed by atoms with Crippen molar-refractivity contribution >= 4 is 39.3 Å². The first-order chi connectivity index (χ1) is 16.2. The van der Waals surface area contributed by atoms with Crippen molar-refractivity contribution in [2.45, 2.75) is 9.79 Å². The summed E-state index contributed by atoms with van der Waals surface area (Å²) in [6, 6.07) is 6.99. The molecule has 1 amide bonds. The van der Waals surface area contributed by atoms with Crippen LogP contribution in [-0.2, 0) is 19.5 Å². The monoisotopic (exact) mass is 510 g/mol. The summed E-state index contributed by atoms with van der Waals surface area (Å²) in [7, 11) is -0.231. The van der Waals surface area contributed by atoms with E-state index in [-0.39, 0.29) is 39.1 Å². The summed E-state index contributed by atoms with van der Waals surface area (Å²) < 4.78 is 49.5. The number of esters is 1. The molecule has 0 aliphatic carbocycles. The average molecular weight is 511 g/mol. The van der Waals surface area contributed by atoms with Crippen LogP contribution in [0.25, 0.3) is 0 Å². The maximum absolute atomic E-state index is 13.3. The first kappa shape index (κ1) is 25.7. The van der Waals surface area contributed by atoms with E-state index in [4.69, 9.17) is 18.9 Å². The molecule has 0 spiro atoms. The van der Waals surface area contributed by atoms with Crippen LogP contribution < -0.4 is 14.2 Å². The number of nitrogens with zero attached hydrogens (tertiary/aromatic N) is 1. The molecule has 1 heterocycles. The van der Waals surface area contributed by atoms with Gasteiger partial charge in [0.05, 0.1) is 56.3 Å². The van der Waals surface area contributed by atoms with Gasteiger partial charge in [0.2, 0.25) is 0 Å². The van der Waals surface area contributed by atoms with Crippen molar-refractivity contribution < 1.29 is 37.0 Å². The Bertz CT molecular complexity index is 1180. The van der Waals surface area contributed by atoms with Gasteiger partial charge in [0, 0.05) is 30.1 Å². The molecule has 0 aromatic heterocycles. The number of ether oxygens (including phenoxy) is 4. The first-order valence-electron chi connectivity index (χ1n) is 10.2. The van der Waals surface area contributed by atoms with Crippen LogP contribution in [0.1, 0.15) is 20.7 Å². The van der Waals surface area contributed by atoms with E-state index in [1.807, 2.05) is 6.26 Å². The molecule has 0 unspecified atom stereocenters. The predicted molar refractivity (Wildman–Crippen MR) is 127 cm³/mol. The minimum Gasteiger partial charge on any atom is -0.493 e. The number of nitrogens with one attached hydrogen (secondary N) is 1. The van der Waals surface area contributed by atoms with E-state index in [1.165, 1.54) is 57.4 Å². The Morgan fingerprint density at radius 3 is 2.24 bits per heavy atom. The lowest BCUT2D eigenvalue weighted by Gasteiger charge is -2.27. The normalized spacial score (nSPS) is 13.8. The van der Waals surface area contributed by atoms with Crippen molar-refractivity contribution in [3.8, 4) is 11.5 Å². The molecule has 1 fully saturated rings. The minimum absolute atomic E-state index is 0.0560. The molecule has 0 bridgehead atoms. The van der Waals surface area contributed by atoms with Gasteiger partial charge in [0.1, 0.15) is 0 Å². The van der Waals surface area contributed by atoms with Gasteiger partial charge in [-0.1, -0.05) is 0 Å². The number of sulfonamides is 1. The van der Waals surface area contributed by atoms with E-state index >= 15 is 0 Å². The number of rotatable bonds is 8. The van der Waals surface area contributed by atoms with Crippen LogP contribution in [0.5, 0.6) is 11.5 Å². The number of benzene rings is 2. The fourth-order valence-corrected chi connectivity index (χ4v) is 5.07. The minimum atomic E-state index is -4.19. The smallest absolute Gasteiger partial charge is 0.340 e. The maximum Gasteiger partial charge on any atom is 0.340 e. The zero-order valence-electron chi connectivity index (χ0n) is 19.2. The van der Waals surface area contributed by atoms with Gasteiger partial charge in [-0.25, -0.2) is 13.2 Å². The maximum atomic E-state index is 13.3. The van der Waals surface area contributed by atoms with Gasteiger partial charge < -0.3 is 23.8 Å². The molecule has 0 saturated carbocycles. The molecule has 1 saturated heterocycles. The Kier molecular flexibility index (Phi) is 8.28. The van der Waals surface area contributed by atoms with Crippen LogP contribution >= 0.6 is 11.8 Å². The molecule has 0 atom stereocenters. The summed E-state index contributed by atoms with van der Waals surface area (Å²) in [6.07, 6.45) is 1.81. The van der Waals surface area contributed by atoms with Crippen LogP contribution in [0.15, 0.2) is 40.1 Å². The summed E-state index contributed by atoms with van der Waals surface area (Å²) in [4.78, 5) is 27.6. The molecule has 2 aromatic rings. The van der Waals surface area contributed by atoms with Gasteiger partial charge in [0.25, 0.3) is 15.9 Å². The zero-order valence-corrected chi connectivity index (χ0v) is 20.9. The molecule has 10 nitrogen and oxygen atoms in total. The van der Waals surface area contributed by atoms with Gasteiger partial charge in [-0.15, -0.1) is 11.8 Å². The number of hydrogen-bond acceptors (Lipinski definition) is 9. The summed E-state index contributed by atoms with van der Waals surface area (Å²) in [5.74, 6) is -0.590. The Morgan fingerprint density at radius 1 is 1.00 bits per heavy atom. The van der Waals surface area contributed by atoms with Crippen molar-refractivity contribution in [2.75, 3.05) is 58.6 Å². The van der Waals surface area contributed by atoms with E-state index < -0.39 is 16.0 Å². The third kappa shape index (κ3) is 5.40. The van der Waals surface area contributed by atoms with Crippen LogP contribution in [-0.4, -0.2) is 79.1 Å². The molecule has 3 rings (SSSR count). The van der Waals surface area contributed by atoms with Crippen molar-refractivity contribution in [1.82, 2.24) is 4.90 Å². The lowest BCUT2D eigenvalue weighted by Crippen LogP contribution is -2.41. The summed E-state index contributed by atoms with van der Waals surface area (Å²) in [6.45, 7) is 1.71. The van der Waals surface area contributed by atoms with Gasteiger partial charge >= 0.3 is 5.97 Å². The van der Waals surface area contributed by atoms with Gasteiger partial charge in [-0.05, 0) is 24.5 Å². The highest BCUT2D eigenvalue weighted by atomic mass is 32.2. The molecular formula is C22H26N2O8S2. The number of morpholine rings is 1. The molecule has 34 heavy (non-hydrogen) atoms. The Hall–Kier alpha value is -2.96. The van der Waals surface area contributed by atoms with E-state index in [1.54, 1.807) is 11.0 Å². The second kappa shape index (κ2) is 11.0. The highest BCUT2D eigenvalue weighted by Gasteiger charge is 2.26. The molecule has 1 aliphatic rings. The Balaban J connectivity index is 2.02. The van der Waals surface area contributed by atoms with E-state index in [9.17, 15) is 18.0 Å². The molecular weight excluding hydrogens is 484 g/mol. The standard InChI is InChI=1S/C22H26N2O8S2/c1-29-18-12-15(22(26)31-3)17(13-19(18)30-2)23-34(27,28)14-5-6-20(33-4)16(11-14)21(25)24-7-9-32-10-8-24/h5-6,11-13,23H,7-10H2,1-4H3. The summed E-state index contributed by atoms with van der Waals surface area (Å²) in [5, 5.41) is 0. The van der Waals surface area contributed by atoms with Gasteiger partial charge in [-0.3, -0.25) is 9.52 Å². The van der Waals surface area contributed by atoms with Gasteiger partial charge in [0.15, 0.2) is 11.5 Å². The Labute approximate surface area is 202 Å². The lowest BCUT2D eigenvalue weighted by atomic mass is 10.1. The number of carbonyl (C=O) groups is 2. The molecule has 184 valence electrons. The fourth-order valence-electron chi connectivity index (χ4n) is 3.40. The van der Waals surface area contributed by atoms with Crippen molar-refractivity contribution in [3.63, 3.8) is 0 Å². The summed E-state index contributed by atoms with van der Waals surface area (Å²) >= 11 is 1.34. The number of carbonyl (C=O) groups excluding carboxylic acids is 2. The van der Waals surface area contributed by atoms with E-state index in [0.717, 1.165) is 0 Å². The molecule has 1 aliphatic heterocycles. The number of hydrogen-bond donors (Lipinski definition) is 1. The van der Waals surface area contributed by atoms with Crippen molar-refractivity contribution in [1.29, 1.82) is 0 Å². The number of thioether (sulfide) groups is 1. The SMILES string of the molecule is COC(=O)c1cc(OC)c(OC)cc1NS(=O)(=O)c1ccc(SC)c(C(=O)N2CCOCC2)c1. The molecule has 2 aromatic carbocycles. The molecule has 12 heteroatoms. The average Bonchev–Trinajstić information content (AvgIpc) is 2.87. The highest BCUT2D eigenvalue weighted by molar-refractivity contribution is 7.98. The van der Waals surface area contributed by atoms with E-state index in [0.29, 0.717) is 31.2 Å². The lowest BCUT2D eigenvalue weighted by molar-refractivity contribution is 0.0300. The second-order valence-electron chi connectivity index (χ2n) is 7.12. The number of anilines is 1. The third-order valence-corrected chi connectivity index (χ3v) is 7.34. The predicted octanol–water partition coefficient (Wildman–Crippen LogP) is 2.49. The zero-order chi connectivity index (χ0) is 24.9. The number of amides is 1. The third-order valence-electron chi connectivity index (χ3n) is 5.18. The van der Waals surface area contributed by atoms with Crippen molar-refractivity contribution in [2.24, 2.45) is 0 Å². The fraction of sp³-hybridized carbons (Fsp3) is 0.364. The topological polar surface area (TPSA) is 120 Å². The van der Waals surface area contributed by atoms with Gasteiger partial charge in [-0.2, -0.15) is 0 Å². The number of methoxy groups -OCH3 is 3. The highest BCUT2D eigenvalue weighted by Crippen LogP contribution is 2.35. The van der Waals surface area contributed by atoms with E-state index in [2.05, 4.69) is 4.72 Å². The van der Waals surface area contributed by atoms with Crippen LogP contribution in [0.2, 0.25) is 0 Å². The second-order valence-corrected chi connectivity index (χ2v) is 9.65. The van der Waals surface area contributed by atoms with Crippen LogP contribution in [0.3, 0.4) is 0 Å². The summed E-state index contributed by atoms with van der Waals surface area (Å²) in [5.41, 5.74) is 0.159. The Morgan fingerprint density at radius 2 is 1.65 bits per heavy atom. The van der Waals surface area contributed by atoms with Crippen molar-refractivity contribution in [3.05, 3.63) is 41.5 Å². The molecule has 0 radical (unpaired) electrons. The largest absolute Gasteiger partial charge is 0.493 e. The van der Waals surface area contributed by atoms with Crippen LogP contribution in [0.4, 0.5) is 5.69 Å². The molecule has 1 N–H and O–H groups in total. The quantitative estimate of drug-likeness (QED) is 0.422. The van der Waals surface area contributed by atoms with Crippen LogP contribution in [0, 0.1) is 0 Å². The first-order valence-corrected chi connectivity index (χ1v) is 12.9.